The van der Waals surface area contributed by atoms with Gasteiger partial charge in [0.2, 0.25) is 0 Å². The summed E-state index contributed by atoms with van der Waals surface area (Å²) in [4.78, 5) is 0. The predicted octanol–water partition coefficient (Wildman–Crippen LogP) is 3.21. The van der Waals surface area contributed by atoms with Gasteiger partial charge in [-0.1, -0.05) is 18.9 Å². The average molecular weight is 318 g/mol. The fourth-order valence-corrected chi connectivity index (χ4v) is 3.26. The molecule has 0 aliphatic carbocycles. The van der Waals surface area contributed by atoms with Crippen LogP contribution in [-0.4, -0.2) is 41.2 Å². The minimum atomic E-state index is -0.419. The summed E-state index contributed by atoms with van der Waals surface area (Å²) in [7, 11) is 0. The molecule has 0 amide bonds. The lowest BCUT2D eigenvalue weighted by atomic mass is 9.93. The van der Waals surface area contributed by atoms with Crippen molar-refractivity contribution in [3.8, 4) is 5.75 Å². The molecule has 1 aliphatic heterocycles. The van der Waals surface area contributed by atoms with Gasteiger partial charge in [-0.05, 0) is 44.2 Å². The molecule has 23 heavy (non-hydrogen) atoms. The van der Waals surface area contributed by atoms with Gasteiger partial charge in [-0.25, -0.2) is 0 Å². The molecule has 1 aromatic heterocycles. The van der Waals surface area contributed by atoms with E-state index in [1.54, 1.807) is 0 Å². The van der Waals surface area contributed by atoms with Gasteiger partial charge in [-0.15, -0.1) is 0 Å². The van der Waals surface area contributed by atoms with E-state index in [0.29, 0.717) is 6.61 Å². The number of aromatic amines is 1. The topological polar surface area (TPSA) is 67.4 Å². The zero-order chi connectivity index (χ0) is 16.1. The van der Waals surface area contributed by atoms with Crippen LogP contribution in [0, 0.1) is 12.8 Å². The second-order valence-electron chi connectivity index (χ2n) is 6.45. The highest BCUT2D eigenvalue weighted by molar-refractivity contribution is 5.87. The van der Waals surface area contributed by atoms with E-state index in [2.05, 4.69) is 10.2 Å². The third-order valence-electron chi connectivity index (χ3n) is 4.65. The van der Waals surface area contributed by atoms with Crippen molar-refractivity contribution >= 4 is 10.9 Å². The Labute approximate surface area is 137 Å². The Balaban J connectivity index is 1.44. The number of hydrogen-bond acceptors (Lipinski definition) is 4. The van der Waals surface area contributed by atoms with Gasteiger partial charge in [0.05, 0.1) is 17.0 Å². The van der Waals surface area contributed by atoms with E-state index in [1.165, 1.54) is 6.42 Å². The van der Waals surface area contributed by atoms with E-state index < -0.39 is 6.10 Å². The van der Waals surface area contributed by atoms with Crippen LogP contribution in [0.3, 0.4) is 0 Å². The molecular weight excluding hydrogens is 292 g/mol. The zero-order valence-corrected chi connectivity index (χ0v) is 13.8. The lowest BCUT2D eigenvalue weighted by Gasteiger charge is -2.22. The van der Waals surface area contributed by atoms with Crippen LogP contribution < -0.4 is 4.74 Å². The summed E-state index contributed by atoms with van der Waals surface area (Å²) in [6.07, 6.45) is 4.92. The fraction of sp³-hybridized carbons (Fsp3) is 0.611. The number of aliphatic hydroxyl groups is 1. The summed E-state index contributed by atoms with van der Waals surface area (Å²) in [5.74, 6) is 1.55. The van der Waals surface area contributed by atoms with Gasteiger partial charge in [0.25, 0.3) is 0 Å². The van der Waals surface area contributed by atoms with Crippen molar-refractivity contribution < 1.29 is 14.6 Å². The predicted molar refractivity (Wildman–Crippen MR) is 89.7 cm³/mol. The second-order valence-corrected chi connectivity index (χ2v) is 6.45. The summed E-state index contributed by atoms with van der Waals surface area (Å²) >= 11 is 0. The summed E-state index contributed by atoms with van der Waals surface area (Å²) < 4.78 is 11.2. The SMILES string of the molecule is Cc1[nH]nc2cccc(OC[C@@H](O)CCCC3CCOCC3)c12. The van der Waals surface area contributed by atoms with Crippen LogP contribution in [0.5, 0.6) is 5.75 Å². The van der Waals surface area contributed by atoms with Crippen LogP contribution in [0.4, 0.5) is 0 Å². The Morgan fingerprint density at radius 1 is 1.39 bits per heavy atom. The van der Waals surface area contributed by atoms with Crippen LogP contribution in [0.2, 0.25) is 0 Å². The largest absolute Gasteiger partial charge is 0.490 e. The van der Waals surface area contributed by atoms with E-state index >= 15 is 0 Å². The number of aromatic nitrogens is 2. The van der Waals surface area contributed by atoms with Crippen molar-refractivity contribution in [1.82, 2.24) is 10.2 Å². The van der Waals surface area contributed by atoms with Crippen LogP contribution in [-0.2, 0) is 4.74 Å². The molecule has 0 radical (unpaired) electrons. The highest BCUT2D eigenvalue weighted by Gasteiger charge is 2.15. The van der Waals surface area contributed by atoms with Crippen molar-refractivity contribution in [3.05, 3.63) is 23.9 Å². The number of hydrogen-bond donors (Lipinski definition) is 2. The minimum Gasteiger partial charge on any atom is -0.490 e. The average Bonchev–Trinajstić information content (AvgIpc) is 2.96. The first kappa shape index (κ1) is 16.3. The maximum Gasteiger partial charge on any atom is 0.130 e. The number of aliphatic hydroxyl groups excluding tert-OH is 1. The molecule has 1 fully saturated rings. The molecule has 0 bridgehead atoms. The van der Waals surface area contributed by atoms with Crippen LogP contribution in [0.25, 0.3) is 10.9 Å². The smallest absolute Gasteiger partial charge is 0.130 e. The molecule has 126 valence electrons. The van der Waals surface area contributed by atoms with Gasteiger partial charge >= 0.3 is 0 Å². The lowest BCUT2D eigenvalue weighted by molar-refractivity contribution is 0.0590. The van der Waals surface area contributed by atoms with Crippen molar-refractivity contribution in [2.75, 3.05) is 19.8 Å². The fourth-order valence-electron chi connectivity index (χ4n) is 3.26. The molecule has 0 unspecified atom stereocenters. The molecule has 5 heteroatoms. The zero-order valence-electron chi connectivity index (χ0n) is 13.8. The van der Waals surface area contributed by atoms with E-state index in [0.717, 1.165) is 67.2 Å². The van der Waals surface area contributed by atoms with Gasteiger partial charge in [-0.2, -0.15) is 5.10 Å². The Kier molecular flexibility index (Phi) is 5.51. The monoisotopic (exact) mass is 318 g/mol. The molecule has 5 nitrogen and oxygen atoms in total. The number of ether oxygens (including phenoxy) is 2. The van der Waals surface area contributed by atoms with Crippen molar-refractivity contribution in [2.45, 2.75) is 45.1 Å². The van der Waals surface area contributed by atoms with Crippen LogP contribution in [0.1, 0.15) is 37.8 Å². The van der Waals surface area contributed by atoms with E-state index in [9.17, 15) is 5.11 Å². The molecular formula is C18H26N2O3. The van der Waals surface area contributed by atoms with Gasteiger partial charge in [0, 0.05) is 18.9 Å². The Morgan fingerprint density at radius 3 is 3.04 bits per heavy atom. The normalized spacial score (nSPS) is 17.5. The molecule has 2 N–H and O–H groups in total. The van der Waals surface area contributed by atoms with Crippen LogP contribution >= 0.6 is 0 Å². The van der Waals surface area contributed by atoms with Gasteiger partial charge in [0.1, 0.15) is 12.4 Å². The number of nitrogens with one attached hydrogen (secondary N) is 1. The molecule has 1 aliphatic rings. The van der Waals surface area contributed by atoms with Crippen molar-refractivity contribution in [2.24, 2.45) is 5.92 Å². The Morgan fingerprint density at radius 2 is 2.22 bits per heavy atom. The number of H-pyrrole nitrogens is 1. The van der Waals surface area contributed by atoms with Crippen LogP contribution in [0.15, 0.2) is 18.2 Å². The molecule has 3 rings (SSSR count). The molecule has 1 saturated heterocycles. The molecule has 2 heterocycles. The summed E-state index contributed by atoms with van der Waals surface area (Å²) in [6, 6.07) is 5.81. The van der Waals surface area contributed by atoms with Gasteiger partial charge in [0.15, 0.2) is 0 Å². The first-order chi connectivity index (χ1) is 11.2. The van der Waals surface area contributed by atoms with Crippen molar-refractivity contribution in [1.29, 1.82) is 0 Å². The standard InChI is InChI=1S/C18H26N2O3/c1-13-18-16(20-19-13)6-3-7-17(18)23-12-15(21)5-2-4-14-8-10-22-11-9-14/h3,6-7,14-15,21H,2,4-5,8-12H2,1H3,(H,19,20)/t15-/m0/s1. The van der Waals surface area contributed by atoms with Crippen molar-refractivity contribution in [3.63, 3.8) is 0 Å². The maximum atomic E-state index is 10.2. The summed E-state index contributed by atoms with van der Waals surface area (Å²) in [6.45, 7) is 4.10. The van der Waals surface area contributed by atoms with E-state index in [1.807, 2.05) is 25.1 Å². The first-order valence-electron chi connectivity index (χ1n) is 8.56. The van der Waals surface area contributed by atoms with E-state index in [-0.39, 0.29) is 0 Å². The quantitative estimate of drug-likeness (QED) is 0.822. The minimum absolute atomic E-state index is 0.331. The molecule has 0 saturated carbocycles. The number of benzene rings is 1. The van der Waals surface area contributed by atoms with E-state index in [4.69, 9.17) is 9.47 Å². The molecule has 0 spiro atoms. The van der Waals surface area contributed by atoms with Gasteiger partial charge in [-0.3, -0.25) is 5.10 Å². The second kappa shape index (κ2) is 7.79. The lowest BCUT2D eigenvalue weighted by Crippen LogP contribution is -2.19. The third kappa shape index (κ3) is 4.24. The summed E-state index contributed by atoms with van der Waals surface area (Å²) in [5, 5.41) is 18.4. The third-order valence-corrected chi connectivity index (χ3v) is 4.65. The number of nitrogens with zero attached hydrogens (tertiary/aromatic N) is 1. The molecule has 1 atom stereocenters. The number of rotatable bonds is 7. The highest BCUT2D eigenvalue weighted by Crippen LogP contribution is 2.27. The maximum absolute atomic E-state index is 10.2. The first-order valence-corrected chi connectivity index (χ1v) is 8.56. The van der Waals surface area contributed by atoms with Gasteiger partial charge < -0.3 is 14.6 Å². The number of aryl methyl sites for hydroxylation is 1. The summed E-state index contributed by atoms with van der Waals surface area (Å²) in [5.41, 5.74) is 1.89. The number of fused-ring (bicyclic) bond motifs is 1. The molecule has 1 aromatic carbocycles. The highest BCUT2D eigenvalue weighted by atomic mass is 16.5. The Hall–Kier alpha value is -1.59. The molecule has 2 aromatic rings. The Bertz CT molecular complexity index is 620.